The van der Waals surface area contributed by atoms with Crippen molar-refractivity contribution in [1.29, 1.82) is 0 Å². The minimum atomic E-state index is -0.254. The Balaban J connectivity index is 1.30. The molecule has 1 amide bonds. The van der Waals surface area contributed by atoms with Crippen molar-refractivity contribution in [3.8, 4) is 0 Å². The molecule has 7 nitrogen and oxygen atoms in total. The molecule has 7 heteroatoms. The van der Waals surface area contributed by atoms with Crippen LogP contribution in [0.3, 0.4) is 0 Å². The molecule has 2 atom stereocenters. The third-order valence-corrected chi connectivity index (χ3v) is 7.94. The third-order valence-electron chi connectivity index (χ3n) is 7.94. The van der Waals surface area contributed by atoms with Gasteiger partial charge < -0.3 is 19.7 Å². The van der Waals surface area contributed by atoms with Crippen LogP contribution in [0.1, 0.15) is 45.6 Å². The van der Waals surface area contributed by atoms with Crippen LogP contribution in [0.5, 0.6) is 0 Å². The number of aromatic nitrogens is 1. The highest BCUT2D eigenvalue weighted by Crippen LogP contribution is 2.32. The first kappa shape index (κ1) is 23.5. The Morgan fingerprint density at radius 2 is 1.88 bits per heavy atom. The Kier molecular flexibility index (Phi) is 6.29. The van der Waals surface area contributed by atoms with E-state index in [4.69, 9.17) is 9.47 Å². The van der Waals surface area contributed by atoms with Crippen LogP contribution in [0.4, 0.5) is 11.5 Å². The van der Waals surface area contributed by atoms with E-state index < -0.39 is 0 Å². The van der Waals surface area contributed by atoms with Crippen molar-refractivity contribution in [2.24, 2.45) is 5.92 Å². The van der Waals surface area contributed by atoms with Gasteiger partial charge in [0, 0.05) is 68.1 Å². The van der Waals surface area contributed by atoms with Gasteiger partial charge in [0.2, 0.25) is 5.91 Å². The van der Waals surface area contributed by atoms with E-state index in [1.807, 2.05) is 26.1 Å². The number of nitrogens with zero attached hydrogens (tertiary/aromatic N) is 3. The Morgan fingerprint density at radius 1 is 1.09 bits per heavy atom. The molecule has 5 rings (SSSR count). The van der Waals surface area contributed by atoms with E-state index in [0.29, 0.717) is 12.4 Å². The molecule has 0 saturated carbocycles. The number of nitrogens with one attached hydrogen (secondary N) is 1. The summed E-state index contributed by atoms with van der Waals surface area (Å²) in [7, 11) is 0. The van der Waals surface area contributed by atoms with Crippen LogP contribution in [0, 0.1) is 12.8 Å². The molecule has 3 saturated heterocycles. The smallest absolute Gasteiger partial charge is 0.228 e. The third kappa shape index (κ3) is 4.79. The molecule has 0 spiro atoms. The molecule has 0 radical (unpaired) electrons. The summed E-state index contributed by atoms with van der Waals surface area (Å²) in [6.45, 7) is 15.1. The first-order valence-corrected chi connectivity index (χ1v) is 12.7. The Morgan fingerprint density at radius 3 is 2.59 bits per heavy atom. The maximum Gasteiger partial charge on any atom is 0.228 e. The summed E-state index contributed by atoms with van der Waals surface area (Å²) in [5.74, 6) is 0.616. The van der Waals surface area contributed by atoms with Crippen molar-refractivity contribution in [1.82, 2.24) is 9.88 Å². The molecule has 1 aromatic heterocycles. The SMILES string of the molecule is Cc1cc2cnc(NC(=O)[C@@H]3CCOC(C)(C)C3)cc2cc1N1CCN([C@]2(C)CCOC2)CC1. The number of hydrogen-bond acceptors (Lipinski definition) is 6. The maximum atomic E-state index is 12.9. The summed E-state index contributed by atoms with van der Waals surface area (Å²) in [4.78, 5) is 22.5. The van der Waals surface area contributed by atoms with E-state index in [-0.39, 0.29) is 23.0 Å². The normalized spacial score (nSPS) is 27.8. The number of ether oxygens (including phenoxy) is 2. The molecule has 4 heterocycles. The first-order chi connectivity index (χ1) is 16.2. The van der Waals surface area contributed by atoms with E-state index in [9.17, 15) is 4.79 Å². The summed E-state index contributed by atoms with van der Waals surface area (Å²) < 4.78 is 11.4. The van der Waals surface area contributed by atoms with Crippen molar-refractivity contribution in [2.45, 2.75) is 58.1 Å². The molecule has 3 aliphatic rings. The number of carbonyl (C=O) groups is 1. The Labute approximate surface area is 202 Å². The van der Waals surface area contributed by atoms with E-state index in [1.165, 1.54) is 11.3 Å². The number of aryl methyl sites for hydroxylation is 1. The van der Waals surface area contributed by atoms with Gasteiger partial charge in [-0.2, -0.15) is 0 Å². The largest absolute Gasteiger partial charge is 0.379 e. The average molecular weight is 467 g/mol. The second-order valence-corrected chi connectivity index (χ2v) is 11.1. The first-order valence-electron chi connectivity index (χ1n) is 12.7. The number of carbonyl (C=O) groups excluding carboxylic acids is 1. The highest BCUT2D eigenvalue weighted by Gasteiger charge is 2.37. The fourth-order valence-corrected chi connectivity index (χ4v) is 5.78. The predicted molar refractivity (Wildman–Crippen MR) is 135 cm³/mol. The van der Waals surface area contributed by atoms with Gasteiger partial charge in [0.15, 0.2) is 0 Å². The number of piperazine rings is 1. The summed E-state index contributed by atoms with van der Waals surface area (Å²) >= 11 is 0. The number of amides is 1. The molecule has 3 fully saturated rings. The van der Waals surface area contributed by atoms with Crippen molar-refractivity contribution in [3.05, 3.63) is 30.0 Å². The maximum absolute atomic E-state index is 12.9. The van der Waals surface area contributed by atoms with Gasteiger partial charge in [0.05, 0.1) is 12.2 Å². The summed E-state index contributed by atoms with van der Waals surface area (Å²) in [6, 6.07) is 6.48. The molecule has 184 valence electrons. The molecular weight excluding hydrogens is 428 g/mol. The molecule has 34 heavy (non-hydrogen) atoms. The lowest BCUT2D eigenvalue weighted by Gasteiger charge is -2.44. The number of fused-ring (bicyclic) bond motifs is 1. The van der Waals surface area contributed by atoms with Gasteiger partial charge in [0.1, 0.15) is 5.82 Å². The van der Waals surface area contributed by atoms with Crippen LogP contribution in [-0.4, -0.2) is 72.9 Å². The van der Waals surface area contributed by atoms with Gasteiger partial charge in [-0.1, -0.05) is 0 Å². The molecule has 1 N–H and O–H groups in total. The van der Waals surface area contributed by atoms with Crippen LogP contribution in [-0.2, 0) is 14.3 Å². The lowest BCUT2D eigenvalue weighted by Crippen LogP contribution is -2.56. The number of pyridine rings is 1. The van der Waals surface area contributed by atoms with Crippen LogP contribution >= 0.6 is 0 Å². The standard InChI is InChI=1S/C27H38N4O3/c1-19-13-22-17-28-24(29-25(32)20-5-11-34-26(2,3)16-20)15-21(22)14-23(19)30-7-9-31(10-8-30)27(4)6-12-33-18-27/h13-15,17,20H,5-12,16,18H2,1-4H3,(H,28,29,32)/t20-,27-/m1/s1. The van der Waals surface area contributed by atoms with Gasteiger partial charge >= 0.3 is 0 Å². The molecule has 0 aliphatic carbocycles. The van der Waals surface area contributed by atoms with Crippen molar-refractivity contribution < 1.29 is 14.3 Å². The summed E-state index contributed by atoms with van der Waals surface area (Å²) in [5, 5.41) is 5.26. The van der Waals surface area contributed by atoms with Gasteiger partial charge in [-0.25, -0.2) is 4.98 Å². The zero-order valence-corrected chi connectivity index (χ0v) is 21.0. The number of hydrogen-bond donors (Lipinski definition) is 1. The van der Waals surface area contributed by atoms with Crippen LogP contribution in [0.2, 0.25) is 0 Å². The van der Waals surface area contributed by atoms with Crippen molar-refractivity contribution in [3.63, 3.8) is 0 Å². The molecule has 2 aromatic rings. The zero-order valence-electron chi connectivity index (χ0n) is 21.0. The fraction of sp³-hybridized carbons (Fsp3) is 0.630. The quantitative estimate of drug-likeness (QED) is 0.735. The highest BCUT2D eigenvalue weighted by molar-refractivity contribution is 5.95. The Bertz CT molecular complexity index is 1060. The predicted octanol–water partition coefficient (Wildman–Crippen LogP) is 3.99. The number of anilines is 2. The summed E-state index contributed by atoms with van der Waals surface area (Å²) in [5.41, 5.74) is 2.47. The topological polar surface area (TPSA) is 66.9 Å². The average Bonchev–Trinajstić information content (AvgIpc) is 3.26. The molecular formula is C27H38N4O3. The lowest BCUT2D eigenvalue weighted by molar-refractivity contribution is -0.130. The minimum absolute atomic E-state index is 0.0380. The van der Waals surface area contributed by atoms with E-state index in [0.717, 1.165) is 69.4 Å². The van der Waals surface area contributed by atoms with E-state index >= 15 is 0 Å². The lowest BCUT2D eigenvalue weighted by atomic mass is 9.88. The van der Waals surface area contributed by atoms with Crippen LogP contribution in [0.25, 0.3) is 10.8 Å². The van der Waals surface area contributed by atoms with Crippen molar-refractivity contribution in [2.75, 3.05) is 56.2 Å². The van der Waals surface area contributed by atoms with Gasteiger partial charge in [-0.15, -0.1) is 0 Å². The summed E-state index contributed by atoms with van der Waals surface area (Å²) in [6.07, 6.45) is 4.47. The van der Waals surface area contributed by atoms with Crippen LogP contribution < -0.4 is 10.2 Å². The van der Waals surface area contributed by atoms with Gasteiger partial charge in [-0.3, -0.25) is 9.69 Å². The Hall–Kier alpha value is -2.22. The zero-order chi connectivity index (χ0) is 23.9. The minimum Gasteiger partial charge on any atom is -0.379 e. The molecule has 0 unspecified atom stereocenters. The highest BCUT2D eigenvalue weighted by atomic mass is 16.5. The molecule has 0 bridgehead atoms. The number of rotatable bonds is 4. The van der Waals surface area contributed by atoms with Crippen LogP contribution in [0.15, 0.2) is 24.4 Å². The second-order valence-electron chi connectivity index (χ2n) is 11.1. The second kappa shape index (κ2) is 9.10. The monoisotopic (exact) mass is 466 g/mol. The number of benzene rings is 1. The van der Waals surface area contributed by atoms with Gasteiger partial charge in [0.25, 0.3) is 0 Å². The molecule has 1 aromatic carbocycles. The fourth-order valence-electron chi connectivity index (χ4n) is 5.78. The van der Waals surface area contributed by atoms with E-state index in [2.05, 4.69) is 46.1 Å². The van der Waals surface area contributed by atoms with Crippen molar-refractivity contribution >= 4 is 28.2 Å². The van der Waals surface area contributed by atoms with Gasteiger partial charge in [-0.05, 0) is 76.1 Å². The van der Waals surface area contributed by atoms with E-state index in [1.54, 1.807) is 0 Å². The molecule has 3 aliphatic heterocycles.